The number of nitrogens with zero attached hydrogens (tertiary/aromatic N) is 2. The van der Waals surface area contributed by atoms with Crippen LogP contribution in [0.15, 0.2) is 34.9 Å². The molecule has 2 heterocycles. The van der Waals surface area contributed by atoms with Crippen molar-refractivity contribution in [3.05, 3.63) is 52.8 Å². The summed E-state index contributed by atoms with van der Waals surface area (Å²) in [5.41, 5.74) is 1.78. The van der Waals surface area contributed by atoms with Crippen LogP contribution in [0.25, 0.3) is 10.9 Å². The predicted octanol–water partition coefficient (Wildman–Crippen LogP) is 3.22. The van der Waals surface area contributed by atoms with E-state index in [-0.39, 0.29) is 19.0 Å². The van der Waals surface area contributed by atoms with Crippen LogP contribution in [0.1, 0.15) is 17.3 Å². The number of rotatable bonds is 4. The number of fused-ring (bicyclic) bond motifs is 1. The van der Waals surface area contributed by atoms with Gasteiger partial charge in [0.05, 0.1) is 12.2 Å². The van der Waals surface area contributed by atoms with Gasteiger partial charge in [-0.2, -0.15) is 0 Å². The van der Waals surface area contributed by atoms with Gasteiger partial charge in [0.2, 0.25) is 11.8 Å². The number of hydrogen-bond acceptors (Lipinski definition) is 3. The summed E-state index contributed by atoms with van der Waals surface area (Å²) >= 11 is 6.01. The molecule has 5 nitrogen and oxygen atoms in total. The number of aromatic nitrogens is 2. The van der Waals surface area contributed by atoms with E-state index in [1.165, 1.54) is 0 Å². The lowest BCUT2D eigenvalue weighted by Gasteiger charge is -2.06. The number of hydrogen-bond donors (Lipinski definition) is 1. The van der Waals surface area contributed by atoms with Crippen LogP contribution in [0, 0.1) is 13.8 Å². The van der Waals surface area contributed by atoms with Gasteiger partial charge in [-0.25, -0.2) is 4.98 Å². The quantitative estimate of drug-likeness (QED) is 0.803. The molecule has 0 unspecified atom stereocenters. The second-order valence-electron chi connectivity index (χ2n) is 5.17. The maximum absolute atomic E-state index is 12.1. The van der Waals surface area contributed by atoms with Crippen molar-refractivity contribution >= 4 is 28.4 Å². The predicted molar refractivity (Wildman–Crippen MR) is 84.8 cm³/mol. The number of nitrogens with one attached hydrogen (secondary N) is 1. The van der Waals surface area contributed by atoms with Crippen molar-refractivity contribution in [1.29, 1.82) is 0 Å². The molecule has 0 aliphatic heterocycles. The van der Waals surface area contributed by atoms with Crippen molar-refractivity contribution in [2.75, 3.05) is 0 Å². The molecule has 1 amide bonds. The molecule has 22 heavy (non-hydrogen) atoms. The summed E-state index contributed by atoms with van der Waals surface area (Å²) in [6.45, 7) is 4.24. The van der Waals surface area contributed by atoms with Gasteiger partial charge < -0.3 is 14.3 Å². The molecule has 0 radical (unpaired) electrons. The third-order valence-corrected chi connectivity index (χ3v) is 3.79. The van der Waals surface area contributed by atoms with E-state index in [0.717, 1.165) is 22.4 Å². The summed E-state index contributed by atoms with van der Waals surface area (Å²) in [4.78, 5) is 16.3. The van der Waals surface area contributed by atoms with Gasteiger partial charge in [0.1, 0.15) is 12.3 Å². The van der Waals surface area contributed by atoms with E-state index in [2.05, 4.69) is 10.3 Å². The van der Waals surface area contributed by atoms with Crippen LogP contribution in [-0.4, -0.2) is 15.5 Å². The van der Waals surface area contributed by atoms with Crippen molar-refractivity contribution in [1.82, 2.24) is 14.9 Å². The highest BCUT2D eigenvalue weighted by molar-refractivity contribution is 6.31. The van der Waals surface area contributed by atoms with Crippen LogP contribution in [0.3, 0.4) is 0 Å². The largest absolute Gasteiger partial charge is 0.444 e. The normalized spacial score (nSPS) is 11.0. The highest BCUT2D eigenvalue weighted by Gasteiger charge is 2.09. The smallest absolute Gasteiger partial charge is 0.240 e. The topological polar surface area (TPSA) is 60.1 Å². The molecule has 6 heteroatoms. The second-order valence-corrected chi connectivity index (χ2v) is 5.61. The van der Waals surface area contributed by atoms with E-state index < -0.39 is 0 Å². The highest BCUT2D eigenvalue weighted by atomic mass is 35.5. The summed E-state index contributed by atoms with van der Waals surface area (Å²) < 4.78 is 7.30. The Hall–Kier alpha value is -2.27. The standard InChI is InChI=1S/C16H16ClN3O2/c1-10-11(2)22-16(19-10)8-18-15(21)9-20-6-5-12-3-4-13(17)7-14(12)20/h3-7H,8-9H2,1-2H3,(H,18,21). The second kappa shape index (κ2) is 5.85. The fraction of sp³-hybridized carbons (Fsp3) is 0.250. The molecule has 0 saturated carbocycles. The summed E-state index contributed by atoms with van der Waals surface area (Å²) in [5, 5.41) is 4.51. The van der Waals surface area contributed by atoms with Crippen LogP contribution in [0.2, 0.25) is 5.02 Å². The van der Waals surface area contributed by atoms with E-state index in [1.807, 2.05) is 48.9 Å². The van der Waals surface area contributed by atoms with E-state index in [9.17, 15) is 4.79 Å². The van der Waals surface area contributed by atoms with Gasteiger partial charge in [-0.15, -0.1) is 0 Å². The van der Waals surface area contributed by atoms with Crippen LogP contribution in [0.4, 0.5) is 0 Å². The minimum absolute atomic E-state index is 0.106. The molecule has 1 aromatic carbocycles. The molecule has 114 valence electrons. The Balaban J connectivity index is 1.66. The Bertz CT molecular complexity index is 816. The first-order valence-electron chi connectivity index (χ1n) is 6.97. The summed E-state index contributed by atoms with van der Waals surface area (Å²) in [7, 11) is 0. The van der Waals surface area contributed by atoms with Gasteiger partial charge in [0, 0.05) is 16.7 Å². The van der Waals surface area contributed by atoms with Gasteiger partial charge >= 0.3 is 0 Å². The fourth-order valence-corrected chi connectivity index (χ4v) is 2.46. The molecule has 0 bridgehead atoms. The molecule has 0 aliphatic carbocycles. The zero-order chi connectivity index (χ0) is 15.7. The first-order valence-corrected chi connectivity index (χ1v) is 7.35. The Morgan fingerprint density at radius 3 is 2.91 bits per heavy atom. The van der Waals surface area contributed by atoms with Crippen molar-refractivity contribution in [3.8, 4) is 0 Å². The van der Waals surface area contributed by atoms with Crippen LogP contribution < -0.4 is 5.32 Å². The van der Waals surface area contributed by atoms with Crippen molar-refractivity contribution in [2.24, 2.45) is 0 Å². The molecular weight excluding hydrogens is 302 g/mol. The number of aryl methyl sites for hydroxylation is 2. The third-order valence-electron chi connectivity index (χ3n) is 3.56. The molecule has 0 atom stereocenters. The molecule has 0 aliphatic rings. The number of benzene rings is 1. The number of halogens is 1. The summed E-state index contributed by atoms with van der Waals surface area (Å²) in [5.74, 6) is 1.19. The molecular formula is C16H16ClN3O2. The van der Waals surface area contributed by atoms with Gasteiger partial charge in [-0.05, 0) is 37.4 Å². The van der Waals surface area contributed by atoms with Gasteiger partial charge in [0.15, 0.2) is 0 Å². The van der Waals surface area contributed by atoms with E-state index in [4.69, 9.17) is 16.0 Å². The van der Waals surface area contributed by atoms with Crippen molar-refractivity contribution in [3.63, 3.8) is 0 Å². The lowest BCUT2D eigenvalue weighted by atomic mass is 10.2. The van der Waals surface area contributed by atoms with Crippen LogP contribution in [-0.2, 0) is 17.9 Å². The van der Waals surface area contributed by atoms with Gasteiger partial charge in [-0.1, -0.05) is 17.7 Å². The molecule has 2 aromatic heterocycles. The summed E-state index contributed by atoms with van der Waals surface area (Å²) in [6, 6.07) is 7.58. The monoisotopic (exact) mass is 317 g/mol. The summed E-state index contributed by atoms with van der Waals surface area (Å²) in [6.07, 6.45) is 1.88. The minimum atomic E-state index is -0.106. The zero-order valence-electron chi connectivity index (χ0n) is 12.4. The first kappa shape index (κ1) is 14.7. The van der Waals surface area contributed by atoms with Crippen molar-refractivity contribution in [2.45, 2.75) is 26.9 Å². The highest BCUT2D eigenvalue weighted by Crippen LogP contribution is 2.20. The number of oxazole rings is 1. The lowest BCUT2D eigenvalue weighted by Crippen LogP contribution is -2.26. The SMILES string of the molecule is Cc1nc(CNC(=O)Cn2ccc3ccc(Cl)cc32)oc1C. The Morgan fingerprint density at radius 2 is 2.18 bits per heavy atom. The molecule has 0 fully saturated rings. The third kappa shape index (κ3) is 2.99. The molecule has 1 N–H and O–H groups in total. The molecule has 0 spiro atoms. The molecule has 3 aromatic rings. The van der Waals surface area contributed by atoms with Crippen LogP contribution in [0.5, 0.6) is 0 Å². The zero-order valence-corrected chi connectivity index (χ0v) is 13.1. The number of carbonyl (C=O) groups is 1. The maximum atomic E-state index is 12.1. The maximum Gasteiger partial charge on any atom is 0.240 e. The van der Waals surface area contributed by atoms with Crippen LogP contribution >= 0.6 is 11.6 Å². The van der Waals surface area contributed by atoms with Gasteiger partial charge in [-0.3, -0.25) is 4.79 Å². The average Bonchev–Trinajstić information content (AvgIpc) is 3.01. The molecule has 0 saturated heterocycles. The van der Waals surface area contributed by atoms with E-state index in [1.54, 1.807) is 0 Å². The minimum Gasteiger partial charge on any atom is -0.444 e. The Kier molecular flexibility index (Phi) is 3.90. The first-order chi connectivity index (χ1) is 10.5. The lowest BCUT2D eigenvalue weighted by molar-refractivity contribution is -0.121. The Labute approximate surface area is 132 Å². The van der Waals surface area contributed by atoms with Gasteiger partial charge in [0.25, 0.3) is 0 Å². The van der Waals surface area contributed by atoms with Crippen molar-refractivity contribution < 1.29 is 9.21 Å². The molecule has 3 rings (SSSR count). The Morgan fingerprint density at radius 1 is 1.36 bits per heavy atom. The fourth-order valence-electron chi connectivity index (χ4n) is 2.29. The number of carbonyl (C=O) groups excluding carboxylic acids is 1. The number of amides is 1. The average molecular weight is 318 g/mol. The van der Waals surface area contributed by atoms with E-state index >= 15 is 0 Å². The van der Waals surface area contributed by atoms with E-state index in [0.29, 0.717) is 10.9 Å².